The van der Waals surface area contributed by atoms with Crippen LogP contribution in [0.1, 0.15) is 25.7 Å². The maximum atomic E-state index is 12.1. The summed E-state index contributed by atoms with van der Waals surface area (Å²) >= 11 is 1.89. The molecule has 18 heavy (non-hydrogen) atoms. The molecule has 100 valence electrons. The van der Waals surface area contributed by atoms with Crippen molar-refractivity contribution in [2.75, 3.05) is 12.3 Å². The molecule has 1 aliphatic carbocycles. The van der Waals surface area contributed by atoms with Gasteiger partial charge in [0.1, 0.15) is 0 Å². The van der Waals surface area contributed by atoms with Gasteiger partial charge in [-0.3, -0.25) is 9.59 Å². The van der Waals surface area contributed by atoms with Gasteiger partial charge in [-0.25, -0.2) is 0 Å². The van der Waals surface area contributed by atoms with E-state index < -0.39 is 17.8 Å². The molecule has 1 saturated heterocycles. The van der Waals surface area contributed by atoms with Crippen molar-refractivity contribution >= 4 is 23.6 Å². The summed E-state index contributed by atoms with van der Waals surface area (Å²) in [6.07, 6.45) is 7.14. The van der Waals surface area contributed by atoms with E-state index in [1.54, 1.807) is 0 Å². The fraction of sp³-hybridized carbons (Fsp3) is 0.692. The third-order valence-electron chi connectivity index (χ3n) is 3.61. The van der Waals surface area contributed by atoms with Crippen LogP contribution in [0.25, 0.3) is 0 Å². The average Bonchev–Trinajstić information content (AvgIpc) is 2.89. The van der Waals surface area contributed by atoms with Gasteiger partial charge < -0.3 is 10.4 Å². The molecule has 5 heteroatoms. The zero-order valence-electron chi connectivity index (χ0n) is 10.3. The van der Waals surface area contributed by atoms with Crippen LogP contribution in [0.3, 0.4) is 0 Å². The minimum atomic E-state index is -0.866. The maximum Gasteiger partial charge on any atom is 0.307 e. The largest absolute Gasteiger partial charge is 0.481 e. The SMILES string of the molecule is O=C(O)C1CC=CCC1C(=O)NCC1CCCS1. The lowest BCUT2D eigenvalue weighted by atomic mass is 9.82. The van der Waals surface area contributed by atoms with E-state index >= 15 is 0 Å². The zero-order chi connectivity index (χ0) is 13.0. The molecular weight excluding hydrogens is 250 g/mol. The van der Waals surface area contributed by atoms with Crippen LogP contribution in [0, 0.1) is 11.8 Å². The lowest BCUT2D eigenvalue weighted by Gasteiger charge is -2.24. The molecule has 0 spiro atoms. The van der Waals surface area contributed by atoms with Crippen LogP contribution in [-0.2, 0) is 9.59 Å². The van der Waals surface area contributed by atoms with E-state index in [2.05, 4.69) is 5.32 Å². The van der Waals surface area contributed by atoms with Gasteiger partial charge in [-0.1, -0.05) is 12.2 Å². The summed E-state index contributed by atoms with van der Waals surface area (Å²) in [5, 5.41) is 12.6. The number of aliphatic carboxylic acids is 1. The van der Waals surface area contributed by atoms with Gasteiger partial charge in [0, 0.05) is 11.8 Å². The average molecular weight is 269 g/mol. The number of hydrogen-bond acceptors (Lipinski definition) is 3. The second-order valence-electron chi connectivity index (χ2n) is 4.87. The van der Waals surface area contributed by atoms with E-state index in [0.29, 0.717) is 24.6 Å². The highest BCUT2D eigenvalue weighted by Gasteiger charge is 2.34. The Hall–Kier alpha value is -0.970. The molecule has 2 rings (SSSR count). The first kappa shape index (κ1) is 13.5. The third kappa shape index (κ3) is 3.28. The van der Waals surface area contributed by atoms with Crippen LogP contribution >= 0.6 is 11.8 Å². The molecular formula is C13H19NO3S. The monoisotopic (exact) mass is 269 g/mol. The van der Waals surface area contributed by atoms with Crippen molar-refractivity contribution in [3.63, 3.8) is 0 Å². The van der Waals surface area contributed by atoms with E-state index in [0.717, 1.165) is 6.42 Å². The quantitative estimate of drug-likeness (QED) is 0.762. The number of hydrogen-bond donors (Lipinski definition) is 2. The summed E-state index contributed by atoms with van der Waals surface area (Å²) in [5.41, 5.74) is 0. The van der Waals surface area contributed by atoms with Crippen molar-refractivity contribution in [3.05, 3.63) is 12.2 Å². The molecule has 0 aromatic rings. The van der Waals surface area contributed by atoms with E-state index in [9.17, 15) is 9.59 Å². The van der Waals surface area contributed by atoms with E-state index in [1.165, 1.54) is 12.2 Å². The third-order valence-corrected chi connectivity index (χ3v) is 5.01. The smallest absolute Gasteiger partial charge is 0.307 e. The minimum absolute atomic E-state index is 0.0979. The Labute approximate surface area is 111 Å². The number of allylic oxidation sites excluding steroid dienone is 2. The molecule has 1 aliphatic heterocycles. The highest BCUT2D eigenvalue weighted by molar-refractivity contribution is 8.00. The Morgan fingerprint density at radius 3 is 2.61 bits per heavy atom. The van der Waals surface area contributed by atoms with Gasteiger partial charge in [-0.15, -0.1) is 0 Å². The van der Waals surface area contributed by atoms with E-state index in [4.69, 9.17) is 5.11 Å². The first-order chi connectivity index (χ1) is 8.68. The number of amides is 1. The van der Waals surface area contributed by atoms with Gasteiger partial charge in [0.2, 0.25) is 5.91 Å². The van der Waals surface area contributed by atoms with Crippen molar-refractivity contribution in [2.24, 2.45) is 11.8 Å². The van der Waals surface area contributed by atoms with Crippen molar-refractivity contribution in [1.29, 1.82) is 0 Å². The lowest BCUT2D eigenvalue weighted by Crippen LogP contribution is -2.40. The molecule has 0 bridgehead atoms. The van der Waals surface area contributed by atoms with Gasteiger partial charge >= 0.3 is 5.97 Å². The fourth-order valence-electron chi connectivity index (χ4n) is 2.53. The first-order valence-corrected chi connectivity index (χ1v) is 7.50. The normalized spacial score (nSPS) is 31.2. The molecule has 0 aromatic heterocycles. The molecule has 0 radical (unpaired) electrons. The summed E-state index contributed by atoms with van der Waals surface area (Å²) < 4.78 is 0. The molecule has 0 saturated carbocycles. The molecule has 1 fully saturated rings. The van der Waals surface area contributed by atoms with Crippen molar-refractivity contribution in [3.8, 4) is 0 Å². The molecule has 1 heterocycles. The maximum absolute atomic E-state index is 12.1. The van der Waals surface area contributed by atoms with Crippen LogP contribution in [0.5, 0.6) is 0 Å². The standard InChI is InChI=1S/C13H19NO3S/c15-12(14-8-9-4-3-7-18-9)10-5-1-2-6-11(10)13(16)17/h1-2,9-11H,3-8H2,(H,14,15)(H,16,17). The van der Waals surface area contributed by atoms with Gasteiger partial charge in [-0.2, -0.15) is 11.8 Å². The first-order valence-electron chi connectivity index (χ1n) is 6.45. The van der Waals surface area contributed by atoms with E-state index in [-0.39, 0.29) is 5.91 Å². The summed E-state index contributed by atoms with van der Waals surface area (Å²) in [4.78, 5) is 23.2. The topological polar surface area (TPSA) is 66.4 Å². The van der Waals surface area contributed by atoms with Gasteiger partial charge in [0.25, 0.3) is 0 Å². The Morgan fingerprint density at radius 1 is 1.28 bits per heavy atom. The highest BCUT2D eigenvalue weighted by atomic mass is 32.2. The predicted molar refractivity (Wildman–Crippen MR) is 71.5 cm³/mol. The summed E-state index contributed by atoms with van der Waals surface area (Å²) in [6.45, 7) is 0.677. The number of nitrogens with one attached hydrogen (secondary N) is 1. The van der Waals surface area contributed by atoms with Crippen molar-refractivity contribution in [2.45, 2.75) is 30.9 Å². The summed E-state index contributed by atoms with van der Waals surface area (Å²) in [6, 6.07) is 0. The van der Waals surface area contributed by atoms with Gasteiger partial charge in [-0.05, 0) is 31.4 Å². The Kier molecular flexibility index (Phi) is 4.69. The van der Waals surface area contributed by atoms with Crippen molar-refractivity contribution in [1.82, 2.24) is 5.32 Å². The highest BCUT2D eigenvalue weighted by Crippen LogP contribution is 2.27. The zero-order valence-corrected chi connectivity index (χ0v) is 11.1. The Balaban J connectivity index is 1.86. The molecule has 2 aliphatic rings. The number of rotatable bonds is 4. The van der Waals surface area contributed by atoms with E-state index in [1.807, 2.05) is 23.9 Å². The lowest BCUT2D eigenvalue weighted by molar-refractivity contribution is -0.147. The molecule has 0 aromatic carbocycles. The second kappa shape index (κ2) is 6.27. The van der Waals surface area contributed by atoms with Crippen LogP contribution < -0.4 is 5.32 Å². The number of carboxylic acids is 1. The van der Waals surface area contributed by atoms with Gasteiger partial charge in [0.15, 0.2) is 0 Å². The summed E-state index contributed by atoms with van der Waals surface area (Å²) in [5.74, 6) is -0.760. The number of carbonyl (C=O) groups excluding carboxylic acids is 1. The molecule has 1 amide bonds. The number of carbonyl (C=O) groups is 2. The number of thioether (sulfide) groups is 1. The van der Waals surface area contributed by atoms with Crippen molar-refractivity contribution < 1.29 is 14.7 Å². The molecule has 3 unspecified atom stereocenters. The predicted octanol–water partition coefficient (Wildman–Crippen LogP) is 1.67. The second-order valence-corrected chi connectivity index (χ2v) is 6.28. The minimum Gasteiger partial charge on any atom is -0.481 e. The number of carboxylic acid groups (broad SMARTS) is 1. The van der Waals surface area contributed by atoms with Crippen LogP contribution in [0.4, 0.5) is 0 Å². The van der Waals surface area contributed by atoms with Crippen LogP contribution in [0.2, 0.25) is 0 Å². The molecule has 4 nitrogen and oxygen atoms in total. The van der Waals surface area contributed by atoms with Gasteiger partial charge in [0.05, 0.1) is 11.8 Å². The molecule has 2 N–H and O–H groups in total. The Bertz CT molecular complexity index is 350. The molecule has 3 atom stereocenters. The Morgan fingerprint density at radius 2 is 2.00 bits per heavy atom. The summed E-state index contributed by atoms with van der Waals surface area (Å²) in [7, 11) is 0. The van der Waals surface area contributed by atoms with Crippen LogP contribution in [-0.4, -0.2) is 34.5 Å². The van der Waals surface area contributed by atoms with Crippen LogP contribution in [0.15, 0.2) is 12.2 Å². The fourth-order valence-corrected chi connectivity index (χ4v) is 3.73.